The Balaban J connectivity index is 1.39. The van der Waals surface area contributed by atoms with E-state index < -0.39 is 6.04 Å². The van der Waals surface area contributed by atoms with Gasteiger partial charge >= 0.3 is 0 Å². The van der Waals surface area contributed by atoms with Crippen molar-refractivity contribution >= 4 is 40.3 Å². The molecule has 2 aromatic rings. The quantitative estimate of drug-likeness (QED) is 0.749. The predicted molar refractivity (Wildman–Crippen MR) is 103 cm³/mol. The minimum Gasteiger partial charge on any atom is -0.334 e. The first-order valence-corrected chi connectivity index (χ1v) is 10.3. The van der Waals surface area contributed by atoms with Crippen LogP contribution in [-0.4, -0.2) is 75.8 Å². The summed E-state index contributed by atoms with van der Waals surface area (Å²) in [6.45, 7) is 1.15. The molecule has 3 saturated heterocycles. The second kappa shape index (κ2) is 6.27. The number of hydrogen-bond donors (Lipinski definition) is 0. The molecule has 2 atom stereocenters. The Morgan fingerprint density at radius 2 is 1.70 bits per heavy atom. The first-order chi connectivity index (χ1) is 13.1. The molecule has 0 bridgehead atoms. The molecule has 5 rings (SSSR count). The van der Waals surface area contributed by atoms with E-state index in [1.807, 2.05) is 42.5 Å². The van der Waals surface area contributed by atoms with E-state index in [4.69, 9.17) is 0 Å². The Bertz CT molecular complexity index is 962. The third-order valence-electron chi connectivity index (χ3n) is 5.68. The van der Waals surface area contributed by atoms with Crippen LogP contribution in [0, 0.1) is 0 Å². The van der Waals surface area contributed by atoms with Crippen LogP contribution in [0.3, 0.4) is 0 Å². The summed E-state index contributed by atoms with van der Waals surface area (Å²) in [6.07, 6.45) is 0. The summed E-state index contributed by atoms with van der Waals surface area (Å²) in [5, 5.41) is 2.10. The van der Waals surface area contributed by atoms with Crippen molar-refractivity contribution in [3.05, 3.63) is 48.0 Å². The molecule has 0 saturated carbocycles. The van der Waals surface area contributed by atoms with Crippen molar-refractivity contribution in [2.45, 2.75) is 12.1 Å². The molecule has 6 nitrogen and oxygen atoms in total. The number of amides is 3. The van der Waals surface area contributed by atoms with Crippen molar-refractivity contribution in [2.75, 3.05) is 31.3 Å². The molecule has 27 heavy (non-hydrogen) atoms. The van der Waals surface area contributed by atoms with Crippen LogP contribution in [0.5, 0.6) is 0 Å². The van der Waals surface area contributed by atoms with Gasteiger partial charge in [-0.05, 0) is 22.9 Å². The van der Waals surface area contributed by atoms with Gasteiger partial charge in [-0.25, -0.2) is 0 Å². The molecule has 2 aromatic carbocycles. The van der Waals surface area contributed by atoms with Gasteiger partial charge in [0, 0.05) is 24.4 Å². The molecule has 0 unspecified atom stereocenters. The van der Waals surface area contributed by atoms with Crippen LogP contribution in [0.25, 0.3) is 10.8 Å². The molecule has 7 heteroatoms. The number of thioether (sulfide) groups is 1. The van der Waals surface area contributed by atoms with Gasteiger partial charge in [-0.1, -0.05) is 30.3 Å². The van der Waals surface area contributed by atoms with Crippen molar-refractivity contribution in [3.8, 4) is 0 Å². The SMILES string of the molecule is O=C(c1ccc2ccccc2c1)N1CCN2C(=O)[C@@H]3CSCN3C(=O)[C@H]2C1. The topological polar surface area (TPSA) is 60.9 Å². The number of carbonyl (C=O) groups excluding carboxylic acids is 3. The Labute approximate surface area is 161 Å². The van der Waals surface area contributed by atoms with Gasteiger partial charge in [-0.2, -0.15) is 0 Å². The maximum atomic E-state index is 13.0. The molecule has 0 radical (unpaired) electrons. The zero-order valence-corrected chi connectivity index (χ0v) is 15.5. The molecule has 0 aliphatic carbocycles. The number of benzene rings is 2. The summed E-state index contributed by atoms with van der Waals surface area (Å²) in [6, 6.07) is 12.7. The van der Waals surface area contributed by atoms with Gasteiger partial charge in [0.25, 0.3) is 5.91 Å². The molecule has 3 aliphatic heterocycles. The minimum absolute atomic E-state index is 0.0272. The third kappa shape index (κ3) is 2.60. The number of fused-ring (bicyclic) bond motifs is 3. The average molecular weight is 381 g/mol. The molecule has 3 fully saturated rings. The minimum atomic E-state index is -0.550. The van der Waals surface area contributed by atoms with Crippen molar-refractivity contribution < 1.29 is 14.4 Å². The van der Waals surface area contributed by atoms with E-state index >= 15 is 0 Å². The molecular formula is C20H19N3O3S. The monoisotopic (exact) mass is 381 g/mol. The fraction of sp³-hybridized carbons (Fsp3) is 0.350. The summed E-state index contributed by atoms with van der Waals surface area (Å²) < 4.78 is 0. The molecule has 138 valence electrons. The van der Waals surface area contributed by atoms with Gasteiger partial charge < -0.3 is 14.7 Å². The lowest BCUT2D eigenvalue weighted by Gasteiger charge is -2.47. The number of rotatable bonds is 1. The smallest absolute Gasteiger partial charge is 0.254 e. The molecule has 0 aromatic heterocycles. The van der Waals surface area contributed by atoms with E-state index in [0.29, 0.717) is 30.3 Å². The Morgan fingerprint density at radius 3 is 2.56 bits per heavy atom. The summed E-state index contributed by atoms with van der Waals surface area (Å²) in [5.41, 5.74) is 0.617. The lowest BCUT2D eigenvalue weighted by Crippen LogP contribution is -2.69. The van der Waals surface area contributed by atoms with E-state index in [0.717, 1.165) is 10.8 Å². The van der Waals surface area contributed by atoms with Crippen LogP contribution in [-0.2, 0) is 9.59 Å². The van der Waals surface area contributed by atoms with Crippen molar-refractivity contribution in [3.63, 3.8) is 0 Å². The van der Waals surface area contributed by atoms with Gasteiger partial charge in [0.1, 0.15) is 12.1 Å². The van der Waals surface area contributed by atoms with Gasteiger partial charge in [0.2, 0.25) is 11.8 Å². The first kappa shape index (κ1) is 16.6. The van der Waals surface area contributed by atoms with Crippen LogP contribution >= 0.6 is 11.8 Å². The fourth-order valence-electron chi connectivity index (χ4n) is 4.19. The van der Waals surface area contributed by atoms with Crippen LogP contribution in [0.2, 0.25) is 0 Å². The third-order valence-corrected chi connectivity index (χ3v) is 6.69. The van der Waals surface area contributed by atoms with E-state index in [-0.39, 0.29) is 30.3 Å². The number of hydrogen-bond acceptors (Lipinski definition) is 4. The second-order valence-electron chi connectivity index (χ2n) is 7.18. The van der Waals surface area contributed by atoms with E-state index in [1.54, 1.807) is 26.5 Å². The van der Waals surface area contributed by atoms with E-state index in [1.165, 1.54) is 0 Å². The molecule has 3 aliphatic rings. The largest absolute Gasteiger partial charge is 0.334 e. The first-order valence-electron chi connectivity index (χ1n) is 9.10. The number of carbonyl (C=O) groups is 3. The summed E-state index contributed by atoms with van der Waals surface area (Å²) in [7, 11) is 0. The highest BCUT2D eigenvalue weighted by Gasteiger charge is 2.50. The Hall–Kier alpha value is -2.54. The fourth-order valence-corrected chi connectivity index (χ4v) is 5.35. The highest BCUT2D eigenvalue weighted by molar-refractivity contribution is 7.99. The Morgan fingerprint density at radius 1 is 0.926 bits per heavy atom. The van der Waals surface area contributed by atoms with Gasteiger partial charge in [-0.15, -0.1) is 11.8 Å². The zero-order valence-electron chi connectivity index (χ0n) is 14.7. The van der Waals surface area contributed by atoms with Gasteiger partial charge in [0.15, 0.2) is 0 Å². The Kier molecular flexibility index (Phi) is 3.86. The number of piperazine rings is 2. The molecule has 3 amide bonds. The lowest BCUT2D eigenvalue weighted by molar-refractivity contribution is -0.161. The van der Waals surface area contributed by atoms with Crippen LogP contribution in [0.15, 0.2) is 42.5 Å². The summed E-state index contributed by atoms with van der Waals surface area (Å²) in [4.78, 5) is 43.6. The van der Waals surface area contributed by atoms with Gasteiger partial charge in [-0.3, -0.25) is 14.4 Å². The molecule has 3 heterocycles. The molecule has 0 N–H and O–H groups in total. The highest BCUT2D eigenvalue weighted by atomic mass is 32.2. The van der Waals surface area contributed by atoms with E-state index in [2.05, 4.69) is 0 Å². The zero-order chi connectivity index (χ0) is 18.5. The maximum absolute atomic E-state index is 13.0. The molecule has 0 spiro atoms. The molecular weight excluding hydrogens is 362 g/mol. The van der Waals surface area contributed by atoms with E-state index in [9.17, 15) is 14.4 Å². The van der Waals surface area contributed by atoms with Crippen LogP contribution in [0.1, 0.15) is 10.4 Å². The normalized spacial score (nSPS) is 25.0. The number of nitrogens with zero attached hydrogens (tertiary/aromatic N) is 3. The average Bonchev–Trinajstić information content (AvgIpc) is 3.21. The maximum Gasteiger partial charge on any atom is 0.254 e. The summed E-state index contributed by atoms with van der Waals surface area (Å²) in [5.74, 6) is 1.16. The second-order valence-corrected chi connectivity index (χ2v) is 8.18. The lowest BCUT2D eigenvalue weighted by atomic mass is 10.0. The standard InChI is InChI=1S/C20H19N3O3S/c24-18(15-6-5-13-3-1-2-4-14(13)9-15)21-7-8-22-16(10-21)19(25)23-12-27-11-17(23)20(22)26/h1-6,9,16-17H,7-8,10-12H2/t16-,17+/m1/s1. The van der Waals surface area contributed by atoms with Crippen LogP contribution in [0.4, 0.5) is 0 Å². The van der Waals surface area contributed by atoms with Gasteiger partial charge in [0.05, 0.1) is 12.4 Å². The summed E-state index contributed by atoms with van der Waals surface area (Å²) >= 11 is 1.61. The predicted octanol–water partition coefficient (Wildman–Crippen LogP) is 1.41. The van der Waals surface area contributed by atoms with Crippen molar-refractivity contribution in [1.82, 2.24) is 14.7 Å². The highest BCUT2D eigenvalue weighted by Crippen LogP contribution is 2.30. The van der Waals surface area contributed by atoms with Crippen molar-refractivity contribution in [2.24, 2.45) is 0 Å². The van der Waals surface area contributed by atoms with Crippen LogP contribution < -0.4 is 0 Å². The van der Waals surface area contributed by atoms with Crippen molar-refractivity contribution in [1.29, 1.82) is 0 Å².